The first-order chi connectivity index (χ1) is 21.0. The highest BCUT2D eigenvalue weighted by Crippen LogP contribution is 2.33. The Labute approximate surface area is 260 Å². The van der Waals surface area contributed by atoms with E-state index < -0.39 is 0 Å². The number of fused-ring (bicyclic) bond motifs is 2. The summed E-state index contributed by atoms with van der Waals surface area (Å²) < 4.78 is 0. The Morgan fingerprint density at radius 1 is 0.977 bits per heavy atom. The molecule has 0 saturated heterocycles. The number of amides is 1. The van der Waals surface area contributed by atoms with E-state index in [4.69, 9.17) is 33.2 Å². The molecule has 10 heteroatoms. The van der Waals surface area contributed by atoms with Crippen LogP contribution >= 0.6 is 23.2 Å². The van der Waals surface area contributed by atoms with Gasteiger partial charge < -0.3 is 15.6 Å². The highest BCUT2D eigenvalue weighted by molar-refractivity contribution is 6.39. The minimum Gasteiger partial charge on any atom is -0.348 e. The van der Waals surface area contributed by atoms with Crippen molar-refractivity contribution in [2.24, 2.45) is 0 Å². The van der Waals surface area contributed by atoms with Gasteiger partial charge in [0.25, 0.3) is 5.91 Å². The third-order valence-electron chi connectivity index (χ3n) is 7.86. The molecular weight excluding hydrogens is 581 g/mol. The molecule has 0 spiro atoms. The molecule has 3 N–H and O–H groups in total. The molecular formula is C33H33Cl2N7O. The maximum atomic E-state index is 12.7. The van der Waals surface area contributed by atoms with Crippen LogP contribution in [0.3, 0.4) is 0 Å². The van der Waals surface area contributed by atoms with Crippen LogP contribution in [0.15, 0.2) is 79.3 Å². The van der Waals surface area contributed by atoms with Crippen LogP contribution in [0.4, 0.5) is 0 Å². The first-order valence-electron chi connectivity index (χ1n) is 14.5. The second-order valence-electron chi connectivity index (χ2n) is 10.8. The van der Waals surface area contributed by atoms with Crippen LogP contribution in [0, 0.1) is 0 Å². The quantitative estimate of drug-likeness (QED) is 0.152. The van der Waals surface area contributed by atoms with Gasteiger partial charge in [-0.05, 0) is 54.2 Å². The van der Waals surface area contributed by atoms with Gasteiger partial charge >= 0.3 is 0 Å². The van der Waals surface area contributed by atoms with Crippen molar-refractivity contribution < 1.29 is 4.79 Å². The smallest absolute Gasteiger partial charge is 0.254 e. The van der Waals surface area contributed by atoms with Crippen molar-refractivity contribution in [1.82, 2.24) is 35.5 Å². The zero-order valence-electron chi connectivity index (χ0n) is 23.7. The number of aryl methyl sites for hydroxylation is 1. The summed E-state index contributed by atoms with van der Waals surface area (Å²) in [6.07, 6.45) is 8.04. The van der Waals surface area contributed by atoms with Crippen molar-refractivity contribution in [3.05, 3.63) is 123 Å². The van der Waals surface area contributed by atoms with Crippen LogP contribution in [0.1, 0.15) is 57.5 Å². The molecule has 0 radical (unpaired) electrons. The predicted molar refractivity (Wildman–Crippen MR) is 170 cm³/mol. The predicted octanol–water partition coefficient (Wildman–Crippen LogP) is 6.26. The van der Waals surface area contributed by atoms with Gasteiger partial charge in [-0.1, -0.05) is 65.7 Å². The lowest BCUT2D eigenvalue weighted by atomic mass is 9.90. The number of benzene rings is 2. The maximum Gasteiger partial charge on any atom is 0.254 e. The molecule has 0 aliphatic heterocycles. The zero-order chi connectivity index (χ0) is 29.6. The van der Waals surface area contributed by atoms with E-state index >= 15 is 0 Å². The van der Waals surface area contributed by atoms with Gasteiger partial charge in [-0.15, -0.1) is 0 Å². The molecule has 3 aromatic heterocycles. The molecule has 5 aromatic rings. The lowest BCUT2D eigenvalue weighted by Crippen LogP contribution is -2.36. The molecule has 0 fully saturated rings. The van der Waals surface area contributed by atoms with Gasteiger partial charge in [-0.3, -0.25) is 19.7 Å². The second-order valence-corrected chi connectivity index (χ2v) is 11.6. The maximum absolute atomic E-state index is 12.7. The van der Waals surface area contributed by atoms with Gasteiger partial charge in [-0.25, -0.2) is 4.98 Å². The lowest BCUT2D eigenvalue weighted by Gasteiger charge is -2.35. The number of aromatic amines is 1. The molecule has 3 heterocycles. The molecule has 6 rings (SSSR count). The molecule has 1 unspecified atom stereocenters. The van der Waals surface area contributed by atoms with Gasteiger partial charge in [0.15, 0.2) is 0 Å². The molecule has 1 aliphatic carbocycles. The Kier molecular flexibility index (Phi) is 9.29. The third-order valence-corrected chi connectivity index (χ3v) is 8.43. The Bertz CT molecular complexity index is 1650. The average Bonchev–Trinajstić information content (AvgIpc) is 3.45. The minimum absolute atomic E-state index is 0.228. The van der Waals surface area contributed by atoms with Crippen molar-refractivity contribution in [2.75, 3.05) is 13.1 Å². The second kappa shape index (κ2) is 13.7. The number of pyridine rings is 2. The number of halogens is 2. The zero-order valence-corrected chi connectivity index (χ0v) is 25.2. The number of para-hydroxylation sites is 2. The summed E-state index contributed by atoms with van der Waals surface area (Å²) in [4.78, 5) is 32.0. The summed E-state index contributed by atoms with van der Waals surface area (Å²) in [7, 11) is 0. The van der Waals surface area contributed by atoms with E-state index in [0.717, 1.165) is 61.3 Å². The largest absolute Gasteiger partial charge is 0.348 e. The van der Waals surface area contributed by atoms with Crippen LogP contribution < -0.4 is 10.6 Å². The number of carbonyl (C=O) groups is 1. The fourth-order valence-electron chi connectivity index (χ4n) is 5.70. The highest BCUT2D eigenvalue weighted by Gasteiger charge is 2.27. The van der Waals surface area contributed by atoms with Gasteiger partial charge in [-0.2, -0.15) is 0 Å². The lowest BCUT2D eigenvalue weighted by molar-refractivity contribution is 0.0951. The summed E-state index contributed by atoms with van der Waals surface area (Å²) in [5.41, 5.74) is 7.01. The molecule has 1 atom stereocenters. The van der Waals surface area contributed by atoms with Gasteiger partial charge in [0.05, 0.1) is 44.9 Å². The van der Waals surface area contributed by atoms with Crippen LogP contribution in [-0.2, 0) is 26.1 Å². The number of carbonyl (C=O) groups excluding carboxylic acids is 1. The number of H-pyrrole nitrogens is 1. The van der Waals surface area contributed by atoms with Crippen LogP contribution in [0.2, 0.25) is 10.0 Å². The van der Waals surface area contributed by atoms with Crippen molar-refractivity contribution in [3.63, 3.8) is 0 Å². The number of hydrogen-bond donors (Lipinski definition) is 3. The minimum atomic E-state index is -0.328. The van der Waals surface area contributed by atoms with Crippen LogP contribution in [-0.4, -0.2) is 43.8 Å². The standard InChI is InChI=1S/C33H33Cl2N7O/c34-25-18-37-19-26(35)31(25)33(43)39-17-22-10-12-23(13-11-22)21-42(29-9-3-5-24-6-4-14-38-32(24)29)16-15-36-20-30-40-27-7-1-2-8-28(27)41-30/h1-2,4,6-8,10-14,18-19,29,36H,3,5,9,15-17,20-21H2,(H,39,43)(H,40,41). The summed E-state index contributed by atoms with van der Waals surface area (Å²) in [6, 6.07) is 21.0. The van der Waals surface area contributed by atoms with Crippen LogP contribution in [0.25, 0.3) is 11.0 Å². The normalized spacial score (nSPS) is 14.6. The van der Waals surface area contributed by atoms with E-state index in [-0.39, 0.29) is 27.6 Å². The Morgan fingerprint density at radius 3 is 2.58 bits per heavy atom. The summed E-state index contributed by atoms with van der Waals surface area (Å²) in [5, 5.41) is 6.94. The average molecular weight is 615 g/mol. The van der Waals surface area contributed by atoms with Gasteiger partial charge in [0, 0.05) is 44.8 Å². The van der Waals surface area contributed by atoms with E-state index in [2.05, 4.69) is 55.8 Å². The van der Waals surface area contributed by atoms with E-state index in [1.54, 1.807) is 0 Å². The van der Waals surface area contributed by atoms with Crippen molar-refractivity contribution in [3.8, 4) is 0 Å². The summed E-state index contributed by atoms with van der Waals surface area (Å²) in [6.45, 7) is 3.52. The molecule has 0 bridgehead atoms. The Hall–Kier alpha value is -3.82. The third kappa shape index (κ3) is 7.05. The number of hydrogen-bond acceptors (Lipinski definition) is 6. The van der Waals surface area contributed by atoms with Crippen LogP contribution in [0.5, 0.6) is 0 Å². The monoisotopic (exact) mass is 613 g/mol. The highest BCUT2D eigenvalue weighted by atomic mass is 35.5. The first-order valence-corrected chi connectivity index (χ1v) is 15.3. The number of nitrogens with zero attached hydrogens (tertiary/aromatic N) is 4. The Morgan fingerprint density at radius 2 is 1.77 bits per heavy atom. The first kappa shape index (κ1) is 29.3. The summed E-state index contributed by atoms with van der Waals surface area (Å²) in [5.74, 6) is 0.611. The van der Waals surface area contributed by atoms with Gasteiger partial charge in [0.2, 0.25) is 0 Å². The molecule has 1 aliphatic rings. The molecule has 2 aromatic carbocycles. The molecule has 43 heavy (non-hydrogen) atoms. The molecule has 1 amide bonds. The number of imidazole rings is 1. The fraction of sp³-hybridized carbons (Fsp3) is 0.273. The Balaban J connectivity index is 1.11. The number of aromatic nitrogens is 4. The summed E-state index contributed by atoms with van der Waals surface area (Å²) >= 11 is 12.3. The van der Waals surface area contributed by atoms with E-state index in [1.807, 2.05) is 36.5 Å². The molecule has 220 valence electrons. The fourth-order valence-corrected chi connectivity index (χ4v) is 6.24. The van der Waals surface area contributed by atoms with E-state index in [0.29, 0.717) is 13.1 Å². The van der Waals surface area contributed by atoms with Crippen molar-refractivity contribution >= 4 is 40.1 Å². The van der Waals surface area contributed by atoms with E-state index in [9.17, 15) is 4.79 Å². The SMILES string of the molecule is O=C(NCc1ccc(CN(CCNCc2nc3ccccc3[nH]2)C2CCCc3cccnc32)cc1)c1c(Cl)cncc1Cl. The van der Waals surface area contributed by atoms with E-state index in [1.165, 1.54) is 29.2 Å². The molecule has 8 nitrogen and oxygen atoms in total. The van der Waals surface area contributed by atoms with Gasteiger partial charge in [0.1, 0.15) is 5.82 Å². The number of rotatable bonds is 11. The van der Waals surface area contributed by atoms with Crippen molar-refractivity contribution in [1.29, 1.82) is 0 Å². The van der Waals surface area contributed by atoms with Crippen molar-refractivity contribution in [2.45, 2.75) is 44.9 Å². The number of nitrogens with one attached hydrogen (secondary N) is 3. The topological polar surface area (TPSA) is 98.8 Å². The molecule has 0 saturated carbocycles.